The number of rotatable bonds is 7. The van der Waals surface area contributed by atoms with E-state index in [4.69, 9.17) is 13.9 Å². The molecule has 1 aliphatic heterocycles. The van der Waals surface area contributed by atoms with Crippen LogP contribution in [0.2, 0.25) is 0 Å². The van der Waals surface area contributed by atoms with Gasteiger partial charge in [0.05, 0.1) is 25.1 Å². The predicted octanol–water partition coefficient (Wildman–Crippen LogP) is 4.09. The molecule has 10 nitrogen and oxygen atoms in total. The number of hydrogen-bond donors (Lipinski definition) is 2. The molecule has 10 heteroatoms. The molecule has 0 saturated carbocycles. The zero-order chi connectivity index (χ0) is 23.2. The molecule has 0 radical (unpaired) electrons. The Labute approximate surface area is 195 Å². The highest BCUT2D eigenvalue weighted by Crippen LogP contribution is 2.25. The molecule has 2 aromatic carbocycles. The number of carbonyl (C=O) groups is 1. The van der Waals surface area contributed by atoms with Gasteiger partial charge in [0.25, 0.3) is 0 Å². The Hall–Kier alpha value is -4.44. The summed E-state index contributed by atoms with van der Waals surface area (Å²) >= 11 is 0. The quantitative estimate of drug-likeness (QED) is 0.422. The fourth-order valence-electron chi connectivity index (χ4n) is 3.38. The van der Waals surface area contributed by atoms with Gasteiger partial charge in [-0.25, -0.2) is 4.98 Å². The molecule has 0 aliphatic carbocycles. The van der Waals surface area contributed by atoms with Crippen LogP contribution in [0.1, 0.15) is 10.7 Å². The van der Waals surface area contributed by atoms with E-state index < -0.39 is 5.91 Å². The van der Waals surface area contributed by atoms with Crippen LogP contribution in [0.5, 0.6) is 11.5 Å². The first-order valence-electron chi connectivity index (χ1n) is 10.8. The summed E-state index contributed by atoms with van der Waals surface area (Å²) in [5, 5.41) is 13.4. The van der Waals surface area contributed by atoms with Crippen LogP contribution in [0.15, 0.2) is 77.3 Å². The van der Waals surface area contributed by atoms with Crippen molar-refractivity contribution in [3.8, 4) is 11.5 Å². The SMILES string of the molecule is O=C(Nc1ccc(N2CCOCC2)nc1)c1nnc(Nc2cccc(Oc3ccccc3)c2)o1. The Morgan fingerprint density at radius 3 is 2.53 bits per heavy atom. The highest BCUT2D eigenvalue weighted by atomic mass is 16.5. The van der Waals surface area contributed by atoms with Crippen molar-refractivity contribution < 1.29 is 18.7 Å². The van der Waals surface area contributed by atoms with Gasteiger partial charge < -0.3 is 29.4 Å². The normalized spacial score (nSPS) is 13.4. The van der Waals surface area contributed by atoms with E-state index in [-0.39, 0.29) is 11.9 Å². The average molecular weight is 458 g/mol. The molecule has 0 unspecified atom stereocenters. The fourth-order valence-corrected chi connectivity index (χ4v) is 3.38. The van der Waals surface area contributed by atoms with Gasteiger partial charge in [-0.3, -0.25) is 4.79 Å². The number of morpholine rings is 1. The molecule has 3 heterocycles. The Bertz CT molecular complexity index is 1240. The van der Waals surface area contributed by atoms with Gasteiger partial charge in [0.15, 0.2) is 0 Å². The summed E-state index contributed by atoms with van der Waals surface area (Å²) in [5.74, 6) is 1.51. The average Bonchev–Trinajstić information content (AvgIpc) is 3.35. The van der Waals surface area contributed by atoms with Crippen LogP contribution >= 0.6 is 0 Å². The van der Waals surface area contributed by atoms with Crippen molar-refractivity contribution in [2.45, 2.75) is 0 Å². The van der Waals surface area contributed by atoms with Crippen LogP contribution in [0.3, 0.4) is 0 Å². The van der Waals surface area contributed by atoms with Crippen LogP contribution in [0.25, 0.3) is 0 Å². The zero-order valence-electron chi connectivity index (χ0n) is 18.2. The van der Waals surface area contributed by atoms with E-state index in [0.29, 0.717) is 30.3 Å². The molecular formula is C24H22N6O4. The maximum Gasteiger partial charge on any atom is 0.320 e. The minimum absolute atomic E-state index is 0.0859. The molecule has 0 spiro atoms. The van der Waals surface area contributed by atoms with Crippen LogP contribution in [-0.2, 0) is 4.74 Å². The Kier molecular flexibility index (Phi) is 6.30. The van der Waals surface area contributed by atoms with Crippen LogP contribution < -0.4 is 20.3 Å². The number of benzene rings is 2. The monoisotopic (exact) mass is 458 g/mol. The first kappa shape index (κ1) is 21.4. The third-order valence-corrected chi connectivity index (χ3v) is 5.02. The van der Waals surface area contributed by atoms with Crippen molar-refractivity contribution in [1.29, 1.82) is 0 Å². The van der Waals surface area contributed by atoms with Gasteiger partial charge in [0.2, 0.25) is 0 Å². The van der Waals surface area contributed by atoms with Gasteiger partial charge in [0, 0.05) is 24.8 Å². The van der Waals surface area contributed by atoms with Crippen molar-refractivity contribution in [2.75, 3.05) is 41.8 Å². The lowest BCUT2D eigenvalue weighted by molar-refractivity contribution is 0.0991. The standard InChI is InChI=1S/C24H22N6O4/c31-22(26-18-9-10-21(25-16-18)30-11-13-32-14-12-30)23-28-29-24(34-23)27-17-5-4-8-20(15-17)33-19-6-2-1-3-7-19/h1-10,15-16H,11-14H2,(H,26,31)(H,27,29). The number of nitrogens with zero attached hydrogens (tertiary/aromatic N) is 4. The van der Waals surface area contributed by atoms with Crippen molar-refractivity contribution in [1.82, 2.24) is 15.2 Å². The molecule has 2 aromatic heterocycles. The number of hydrogen-bond acceptors (Lipinski definition) is 9. The Morgan fingerprint density at radius 1 is 0.912 bits per heavy atom. The highest BCUT2D eigenvalue weighted by molar-refractivity contribution is 6.00. The fraction of sp³-hybridized carbons (Fsp3) is 0.167. The van der Waals surface area contributed by atoms with Gasteiger partial charge in [-0.05, 0) is 36.4 Å². The van der Waals surface area contributed by atoms with Crippen molar-refractivity contribution in [3.63, 3.8) is 0 Å². The first-order valence-corrected chi connectivity index (χ1v) is 10.8. The van der Waals surface area contributed by atoms with E-state index in [1.807, 2.05) is 54.6 Å². The second-order valence-electron chi connectivity index (χ2n) is 7.44. The van der Waals surface area contributed by atoms with Crippen LogP contribution in [0, 0.1) is 0 Å². The summed E-state index contributed by atoms with van der Waals surface area (Å²) < 4.78 is 16.7. The minimum atomic E-state index is -0.525. The second kappa shape index (κ2) is 10.0. The molecule has 2 N–H and O–H groups in total. The lowest BCUT2D eigenvalue weighted by atomic mass is 10.3. The lowest BCUT2D eigenvalue weighted by Crippen LogP contribution is -2.36. The molecule has 0 atom stereocenters. The van der Waals surface area contributed by atoms with E-state index in [1.165, 1.54) is 0 Å². The summed E-state index contributed by atoms with van der Waals surface area (Å²) in [5.41, 5.74) is 1.20. The van der Waals surface area contributed by atoms with Crippen molar-refractivity contribution in [3.05, 3.63) is 78.8 Å². The van der Waals surface area contributed by atoms with Gasteiger partial charge in [-0.1, -0.05) is 29.4 Å². The lowest BCUT2D eigenvalue weighted by Gasteiger charge is -2.27. The molecule has 172 valence electrons. The molecule has 34 heavy (non-hydrogen) atoms. The highest BCUT2D eigenvalue weighted by Gasteiger charge is 2.17. The molecular weight excluding hydrogens is 436 g/mol. The van der Waals surface area contributed by atoms with Gasteiger partial charge in [-0.15, -0.1) is 5.10 Å². The molecule has 4 aromatic rings. The summed E-state index contributed by atoms with van der Waals surface area (Å²) in [4.78, 5) is 19.1. The third kappa shape index (κ3) is 5.30. The first-order chi connectivity index (χ1) is 16.7. The van der Waals surface area contributed by atoms with Crippen LogP contribution in [0.4, 0.5) is 23.2 Å². The van der Waals surface area contributed by atoms with E-state index in [0.717, 1.165) is 24.7 Å². The smallest absolute Gasteiger partial charge is 0.320 e. The molecule has 1 saturated heterocycles. The van der Waals surface area contributed by atoms with Crippen molar-refractivity contribution >= 4 is 29.1 Å². The third-order valence-electron chi connectivity index (χ3n) is 5.02. The minimum Gasteiger partial charge on any atom is -0.457 e. The summed E-state index contributed by atoms with van der Waals surface area (Å²) in [6, 6.07) is 20.5. The maximum atomic E-state index is 12.5. The molecule has 1 aliphatic rings. The predicted molar refractivity (Wildman–Crippen MR) is 126 cm³/mol. The van der Waals surface area contributed by atoms with Crippen LogP contribution in [-0.4, -0.2) is 47.4 Å². The number of ether oxygens (including phenoxy) is 2. The van der Waals surface area contributed by atoms with Gasteiger partial charge >= 0.3 is 17.8 Å². The number of carbonyl (C=O) groups excluding carboxylic acids is 1. The second-order valence-corrected chi connectivity index (χ2v) is 7.44. The number of para-hydroxylation sites is 1. The maximum absolute atomic E-state index is 12.5. The largest absolute Gasteiger partial charge is 0.457 e. The molecule has 5 rings (SSSR count). The Balaban J connectivity index is 1.19. The van der Waals surface area contributed by atoms with Gasteiger partial charge in [0.1, 0.15) is 17.3 Å². The topological polar surface area (TPSA) is 115 Å². The number of anilines is 4. The van der Waals surface area contributed by atoms with Crippen molar-refractivity contribution in [2.24, 2.45) is 0 Å². The number of aromatic nitrogens is 3. The number of nitrogens with one attached hydrogen (secondary N) is 2. The van der Waals surface area contributed by atoms with Gasteiger partial charge in [-0.2, -0.15) is 0 Å². The Morgan fingerprint density at radius 2 is 1.74 bits per heavy atom. The zero-order valence-corrected chi connectivity index (χ0v) is 18.2. The van der Waals surface area contributed by atoms with E-state index in [2.05, 4.69) is 30.7 Å². The number of pyridine rings is 1. The molecule has 0 bridgehead atoms. The summed E-state index contributed by atoms with van der Waals surface area (Å²) in [7, 11) is 0. The molecule has 1 fully saturated rings. The van der Waals surface area contributed by atoms with E-state index >= 15 is 0 Å². The summed E-state index contributed by atoms with van der Waals surface area (Å²) in [6.45, 7) is 2.94. The molecule has 1 amide bonds. The summed E-state index contributed by atoms with van der Waals surface area (Å²) in [6.07, 6.45) is 1.59. The van der Waals surface area contributed by atoms with E-state index in [1.54, 1.807) is 18.3 Å². The number of amides is 1. The van der Waals surface area contributed by atoms with E-state index in [9.17, 15) is 4.79 Å².